The van der Waals surface area contributed by atoms with Crippen molar-refractivity contribution in [3.63, 3.8) is 0 Å². The molecule has 2 aromatic heterocycles. The fourth-order valence-electron chi connectivity index (χ4n) is 2.93. The first-order valence-electron chi connectivity index (χ1n) is 8.26. The zero-order chi connectivity index (χ0) is 18.3. The smallest absolute Gasteiger partial charge is 0.243 e. The van der Waals surface area contributed by atoms with Crippen molar-refractivity contribution in [2.45, 2.75) is 24.7 Å². The monoisotopic (exact) mass is 370 g/mol. The Bertz CT molecular complexity index is 1040. The van der Waals surface area contributed by atoms with Crippen LogP contribution in [0.2, 0.25) is 0 Å². The van der Waals surface area contributed by atoms with Crippen LogP contribution in [0.4, 0.5) is 0 Å². The quantitative estimate of drug-likeness (QED) is 0.701. The van der Waals surface area contributed by atoms with Gasteiger partial charge in [-0.1, -0.05) is 17.3 Å². The van der Waals surface area contributed by atoms with Gasteiger partial charge in [-0.15, -0.1) is 0 Å². The molecule has 1 fully saturated rings. The number of hydrogen-bond donors (Lipinski definition) is 0. The van der Waals surface area contributed by atoms with Gasteiger partial charge in [-0.3, -0.25) is 4.98 Å². The van der Waals surface area contributed by atoms with E-state index in [4.69, 9.17) is 4.52 Å². The zero-order valence-corrected chi connectivity index (χ0v) is 15.3. The van der Waals surface area contributed by atoms with Crippen molar-refractivity contribution in [2.24, 2.45) is 0 Å². The lowest BCUT2D eigenvalue weighted by molar-refractivity contribution is 0.216. The number of aromatic nitrogens is 3. The summed E-state index contributed by atoms with van der Waals surface area (Å²) in [6.45, 7) is 4.37. The summed E-state index contributed by atoms with van der Waals surface area (Å²) in [6, 6.07) is 9.10. The van der Waals surface area contributed by atoms with Crippen LogP contribution in [0, 0.1) is 13.8 Å². The van der Waals surface area contributed by atoms with E-state index >= 15 is 0 Å². The normalized spacial score (nSPS) is 15.8. The molecule has 7 nitrogen and oxygen atoms in total. The fraction of sp³-hybridized carbons (Fsp3) is 0.278. The van der Waals surface area contributed by atoms with Gasteiger partial charge in [0.15, 0.2) is 0 Å². The zero-order valence-electron chi connectivity index (χ0n) is 14.5. The molecule has 0 radical (unpaired) electrons. The number of aryl methyl sites for hydroxylation is 2. The van der Waals surface area contributed by atoms with E-state index < -0.39 is 10.0 Å². The largest absolute Gasteiger partial charge is 0.339 e. The molecule has 4 rings (SSSR count). The molecule has 1 aliphatic heterocycles. The van der Waals surface area contributed by atoms with E-state index in [1.54, 1.807) is 24.5 Å². The van der Waals surface area contributed by atoms with E-state index in [9.17, 15) is 8.42 Å². The van der Waals surface area contributed by atoms with Crippen molar-refractivity contribution < 1.29 is 12.9 Å². The Kier molecular flexibility index (Phi) is 4.08. The molecular weight excluding hydrogens is 352 g/mol. The van der Waals surface area contributed by atoms with Crippen molar-refractivity contribution >= 4 is 10.0 Å². The summed E-state index contributed by atoms with van der Waals surface area (Å²) in [5.74, 6) is 0.827. The summed E-state index contributed by atoms with van der Waals surface area (Å²) in [4.78, 5) is 8.78. The second kappa shape index (κ2) is 6.30. The highest BCUT2D eigenvalue weighted by Crippen LogP contribution is 2.33. The van der Waals surface area contributed by atoms with Gasteiger partial charge in [0.2, 0.25) is 21.7 Å². The molecule has 134 valence electrons. The SMILES string of the molecule is Cc1ccc(C)c(S(=O)(=O)N2CC(c3nc(-c4cccnc4)no3)C2)c1. The van der Waals surface area contributed by atoms with Crippen molar-refractivity contribution in [2.75, 3.05) is 13.1 Å². The maximum atomic E-state index is 12.8. The predicted octanol–water partition coefficient (Wildman–Crippen LogP) is 2.54. The summed E-state index contributed by atoms with van der Waals surface area (Å²) in [6.07, 6.45) is 3.33. The Labute approximate surface area is 151 Å². The minimum atomic E-state index is -3.51. The topological polar surface area (TPSA) is 89.2 Å². The number of nitrogens with zero attached hydrogens (tertiary/aromatic N) is 4. The van der Waals surface area contributed by atoms with E-state index in [1.165, 1.54) is 4.31 Å². The minimum absolute atomic E-state index is 0.0900. The lowest BCUT2D eigenvalue weighted by atomic mass is 10.0. The Morgan fingerprint density at radius 3 is 2.73 bits per heavy atom. The summed E-state index contributed by atoms with van der Waals surface area (Å²) in [5, 5.41) is 3.97. The second-order valence-electron chi connectivity index (χ2n) is 6.49. The maximum absolute atomic E-state index is 12.8. The molecule has 1 saturated heterocycles. The lowest BCUT2D eigenvalue weighted by Crippen LogP contribution is -2.48. The van der Waals surface area contributed by atoms with Crippen LogP contribution in [0.5, 0.6) is 0 Å². The maximum Gasteiger partial charge on any atom is 0.243 e. The summed E-state index contributed by atoms with van der Waals surface area (Å²) in [7, 11) is -3.51. The van der Waals surface area contributed by atoms with Crippen LogP contribution in [0.15, 0.2) is 52.1 Å². The number of pyridine rings is 1. The molecule has 3 aromatic rings. The first-order chi connectivity index (χ1) is 12.4. The molecule has 0 spiro atoms. The highest BCUT2D eigenvalue weighted by atomic mass is 32.2. The van der Waals surface area contributed by atoms with Crippen LogP contribution in [0.1, 0.15) is 22.9 Å². The molecule has 0 saturated carbocycles. The van der Waals surface area contributed by atoms with Gasteiger partial charge in [0.05, 0.1) is 10.8 Å². The van der Waals surface area contributed by atoms with Crippen LogP contribution in [-0.4, -0.2) is 40.9 Å². The summed E-state index contributed by atoms with van der Waals surface area (Å²) in [5.41, 5.74) is 2.43. The molecule has 3 heterocycles. The summed E-state index contributed by atoms with van der Waals surface area (Å²) >= 11 is 0. The average Bonchev–Trinajstić information content (AvgIpc) is 3.06. The third kappa shape index (κ3) is 2.91. The molecule has 1 aliphatic rings. The van der Waals surface area contributed by atoms with E-state index in [2.05, 4.69) is 15.1 Å². The molecule has 0 aliphatic carbocycles. The molecule has 0 bridgehead atoms. The van der Waals surface area contributed by atoms with Crippen LogP contribution in [0.25, 0.3) is 11.4 Å². The van der Waals surface area contributed by atoms with Gasteiger partial charge in [-0.05, 0) is 43.2 Å². The first kappa shape index (κ1) is 16.9. The van der Waals surface area contributed by atoms with Gasteiger partial charge in [0.1, 0.15) is 0 Å². The molecule has 0 unspecified atom stereocenters. The Balaban J connectivity index is 1.50. The van der Waals surface area contributed by atoms with Gasteiger partial charge >= 0.3 is 0 Å². The summed E-state index contributed by atoms with van der Waals surface area (Å²) < 4.78 is 32.5. The molecule has 26 heavy (non-hydrogen) atoms. The highest BCUT2D eigenvalue weighted by Gasteiger charge is 2.40. The van der Waals surface area contributed by atoms with E-state index in [0.717, 1.165) is 16.7 Å². The highest BCUT2D eigenvalue weighted by molar-refractivity contribution is 7.89. The van der Waals surface area contributed by atoms with Crippen LogP contribution in [-0.2, 0) is 10.0 Å². The average molecular weight is 370 g/mol. The van der Waals surface area contributed by atoms with Crippen molar-refractivity contribution in [1.82, 2.24) is 19.4 Å². The third-order valence-electron chi connectivity index (χ3n) is 4.52. The Morgan fingerprint density at radius 1 is 1.19 bits per heavy atom. The Hall–Kier alpha value is -2.58. The molecule has 1 aromatic carbocycles. The molecule has 0 atom stereocenters. The molecule has 8 heteroatoms. The number of hydrogen-bond acceptors (Lipinski definition) is 6. The van der Waals surface area contributed by atoms with Gasteiger partial charge in [-0.2, -0.15) is 9.29 Å². The van der Waals surface area contributed by atoms with E-state index in [1.807, 2.05) is 32.0 Å². The van der Waals surface area contributed by atoms with Crippen LogP contribution >= 0.6 is 0 Å². The second-order valence-corrected chi connectivity index (χ2v) is 8.39. The minimum Gasteiger partial charge on any atom is -0.339 e. The van der Waals surface area contributed by atoms with Gasteiger partial charge in [0.25, 0.3) is 0 Å². The van der Waals surface area contributed by atoms with Crippen molar-refractivity contribution in [3.8, 4) is 11.4 Å². The van der Waals surface area contributed by atoms with Gasteiger partial charge < -0.3 is 4.52 Å². The Morgan fingerprint density at radius 2 is 2.00 bits per heavy atom. The third-order valence-corrected chi connectivity index (χ3v) is 6.49. The van der Waals surface area contributed by atoms with Crippen LogP contribution in [0.3, 0.4) is 0 Å². The molecular formula is C18H18N4O3S. The van der Waals surface area contributed by atoms with E-state index in [-0.39, 0.29) is 5.92 Å². The van der Waals surface area contributed by atoms with Crippen LogP contribution < -0.4 is 0 Å². The number of rotatable bonds is 4. The first-order valence-corrected chi connectivity index (χ1v) is 9.70. The predicted molar refractivity (Wildman–Crippen MR) is 94.9 cm³/mol. The lowest BCUT2D eigenvalue weighted by Gasteiger charge is -2.36. The fourth-order valence-corrected chi connectivity index (χ4v) is 4.77. The van der Waals surface area contributed by atoms with Crippen molar-refractivity contribution in [3.05, 3.63) is 59.7 Å². The standard InChI is InChI=1S/C18H18N4O3S/c1-12-5-6-13(2)16(8-12)26(23,24)22-10-15(11-22)18-20-17(21-25-18)14-4-3-7-19-9-14/h3-9,15H,10-11H2,1-2H3. The molecule has 0 N–H and O–H groups in total. The molecule has 0 amide bonds. The van der Waals surface area contributed by atoms with E-state index in [0.29, 0.717) is 29.7 Å². The van der Waals surface area contributed by atoms with Crippen molar-refractivity contribution in [1.29, 1.82) is 0 Å². The number of sulfonamides is 1. The van der Waals surface area contributed by atoms with Gasteiger partial charge in [0, 0.05) is 31.0 Å². The van der Waals surface area contributed by atoms with Gasteiger partial charge in [-0.25, -0.2) is 8.42 Å². The number of benzene rings is 1.